The van der Waals surface area contributed by atoms with E-state index in [1.807, 2.05) is 22.4 Å². The summed E-state index contributed by atoms with van der Waals surface area (Å²) < 4.78 is 11.1. The van der Waals surface area contributed by atoms with Crippen molar-refractivity contribution >= 4 is 23.0 Å². The molecule has 6 heteroatoms. The van der Waals surface area contributed by atoms with Crippen molar-refractivity contribution in [3.8, 4) is 11.5 Å². The zero-order valence-corrected chi connectivity index (χ0v) is 14.6. The highest BCUT2D eigenvalue weighted by Crippen LogP contribution is 2.32. The first-order chi connectivity index (χ1) is 12.2. The number of fused-ring (bicyclic) bond motifs is 1. The molecule has 0 aliphatic carbocycles. The van der Waals surface area contributed by atoms with Crippen LogP contribution < -0.4 is 9.47 Å². The molecule has 1 fully saturated rings. The van der Waals surface area contributed by atoms with Gasteiger partial charge in [-0.05, 0) is 42.5 Å². The molecule has 2 aliphatic heterocycles. The molecule has 0 bridgehead atoms. The zero-order valence-electron chi connectivity index (χ0n) is 13.8. The van der Waals surface area contributed by atoms with Gasteiger partial charge in [0.25, 0.3) is 5.91 Å². The second-order valence-corrected chi connectivity index (χ2v) is 7.21. The summed E-state index contributed by atoms with van der Waals surface area (Å²) in [5.41, 5.74) is 0.660. The van der Waals surface area contributed by atoms with E-state index in [1.165, 1.54) is 11.3 Å². The number of Topliss-reactive ketones (excluding diaryl/α,β-unsaturated/α-hetero) is 1. The molecule has 1 aromatic heterocycles. The number of thiophene rings is 1. The van der Waals surface area contributed by atoms with Crippen molar-refractivity contribution in [3.05, 3.63) is 46.2 Å². The van der Waals surface area contributed by atoms with Gasteiger partial charge < -0.3 is 14.4 Å². The molecule has 1 amide bonds. The topological polar surface area (TPSA) is 55.8 Å². The second kappa shape index (κ2) is 6.88. The average Bonchev–Trinajstić information content (AvgIpc) is 3.21. The van der Waals surface area contributed by atoms with Gasteiger partial charge in [0.05, 0.1) is 4.88 Å². The fourth-order valence-corrected chi connectivity index (χ4v) is 4.02. The number of hydrogen-bond donors (Lipinski definition) is 0. The van der Waals surface area contributed by atoms with Gasteiger partial charge in [-0.1, -0.05) is 6.07 Å². The molecule has 2 aliphatic rings. The van der Waals surface area contributed by atoms with Crippen molar-refractivity contribution in [2.45, 2.75) is 12.8 Å². The molecule has 3 heterocycles. The Morgan fingerprint density at radius 3 is 2.52 bits per heavy atom. The summed E-state index contributed by atoms with van der Waals surface area (Å²) in [5.74, 6) is 1.48. The van der Waals surface area contributed by atoms with Crippen LogP contribution in [0, 0.1) is 5.92 Å². The van der Waals surface area contributed by atoms with E-state index in [0.29, 0.717) is 56.2 Å². The molecule has 2 aromatic rings. The van der Waals surface area contributed by atoms with Gasteiger partial charge in [0.2, 0.25) is 0 Å². The predicted molar refractivity (Wildman–Crippen MR) is 94.7 cm³/mol. The van der Waals surface area contributed by atoms with Crippen LogP contribution in [-0.2, 0) is 0 Å². The first-order valence-corrected chi connectivity index (χ1v) is 9.37. The van der Waals surface area contributed by atoms with E-state index >= 15 is 0 Å². The molecule has 25 heavy (non-hydrogen) atoms. The Morgan fingerprint density at radius 2 is 1.80 bits per heavy atom. The van der Waals surface area contributed by atoms with Gasteiger partial charge in [0.15, 0.2) is 17.3 Å². The minimum Gasteiger partial charge on any atom is -0.486 e. The normalized spacial score (nSPS) is 17.4. The fourth-order valence-electron chi connectivity index (χ4n) is 3.33. The van der Waals surface area contributed by atoms with Crippen molar-refractivity contribution in [1.82, 2.24) is 4.90 Å². The van der Waals surface area contributed by atoms with Crippen LogP contribution in [0.25, 0.3) is 0 Å². The lowest BCUT2D eigenvalue weighted by molar-refractivity contribution is 0.0654. The van der Waals surface area contributed by atoms with E-state index in [2.05, 4.69) is 0 Å². The molecule has 0 atom stereocenters. The SMILES string of the molecule is O=C(c1ccc2c(c1)OCCO2)C1CCN(C(=O)c2cccs2)CC1. The number of benzene rings is 1. The predicted octanol–water partition coefficient (Wildman–Crippen LogP) is 3.25. The Labute approximate surface area is 150 Å². The molecule has 0 radical (unpaired) electrons. The Morgan fingerprint density at radius 1 is 1.04 bits per heavy atom. The quantitative estimate of drug-likeness (QED) is 0.791. The third-order valence-electron chi connectivity index (χ3n) is 4.71. The molecule has 4 rings (SSSR count). The summed E-state index contributed by atoms with van der Waals surface area (Å²) in [6.07, 6.45) is 1.40. The van der Waals surface area contributed by atoms with Crippen LogP contribution in [0.5, 0.6) is 11.5 Å². The minimum atomic E-state index is -0.0463. The average molecular weight is 357 g/mol. The van der Waals surface area contributed by atoms with Crippen molar-refractivity contribution in [2.75, 3.05) is 26.3 Å². The van der Waals surface area contributed by atoms with Gasteiger partial charge in [-0.3, -0.25) is 9.59 Å². The third kappa shape index (κ3) is 3.26. The van der Waals surface area contributed by atoms with Gasteiger partial charge in [0, 0.05) is 24.6 Å². The van der Waals surface area contributed by atoms with Crippen LogP contribution in [0.1, 0.15) is 32.9 Å². The number of hydrogen-bond acceptors (Lipinski definition) is 5. The highest BCUT2D eigenvalue weighted by Gasteiger charge is 2.29. The summed E-state index contributed by atoms with van der Waals surface area (Å²) in [6, 6.07) is 9.12. The molecule has 0 N–H and O–H groups in total. The van der Waals surface area contributed by atoms with Gasteiger partial charge in [-0.15, -0.1) is 11.3 Å². The summed E-state index contributed by atoms with van der Waals surface area (Å²) >= 11 is 1.46. The van der Waals surface area contributed by atoms with Crippen LogP contribution in [0.3, 0.4) is 0 Å². The summed E-state index contributed by atoms with van der Waals surface area (Å²) in [5, 5.41) is 1.91. The van der Waals surface area contributed by atoms with Crippen LogP contribution in [-0.4, -0.2) is 42.9 Å². The van der Waals surface area contributed by atoms with E-state index in [-0.39, 0.29) is 17.6 Å². The largest absolute Gasteiger partial charge is 0.486 e. The van der Waals surface area contributed by atoms with E-state index < -0.39 is 0 Å². The van der Waals surface area contributed by atoms with Crippen LogP contribution in [0.4, 0.5) is 0 Å². The monoisotopic (exact) mass is 357 g/mol. The van der Waals surface area contributed by atoms with Gasteiger partial charge in [0.1, 0.15) is 13.2 Å². The molecular formula is C19H19NO4S. The lowest BCUT2D eigenvalue weighted by atomic mass is 9.88. The zero-order chi connectivity index (χ0) is 17.2. The minimum absolute atomic E-state index is 0.0463. The number of nitrogens with zero attached hydrogens (tertiary/aromatic N) is 1. The molecular weight excluding hydrogens is 338 g/mol. The number of ketones is 1. The van der Waals surface area contributed by atoms with Crippen LogP contribution in [0.15, 0.2) is 35.7 Å². The van der Waals surface area contributed by atoms with E-state index in [1.54, 1.807) is 18.2 Å². The Bertz CT molecular complexity index is 779. The fraction of sp³-hybridized carbons (Fsp3) is 0.368. The third-order valence-corrected chi connectivity index (χ3v) is 5.57. The van der Waals surface area contributed by atoms with Gasteiger partial charge >= 0.3 is 0 Å². The number of carbonyl (C=O) groups is 2. The second-order valence-electron chi connectivity index (χ2n) is 6.27. The number of rotatable bonds is 3. The maximum Gasteiger partial charge on any atom is 0.263 e. The van der Waals surface area contributed by atoms with Crippen LogP contribution >= 0.6 is 11.3 Å². The standard InChI is InChI=1S/C19H19NO4S/c21-18(14-3-4-15-16(12-14)24-10-9-23-15)13-5-7-20(8-6-13)19(22)17-2-1-11-25-17/h1-4,11-13H,5-10H2. The number of likely N-dealkylation sites (tertiary alicyclic amines) is 1. The molecule has 0 saturated carbocycles. The van der Waals surface area contributed by atoms with E-state index in [4.69, 9.17) is 9.47 Å². The van der Waals surface area contributed by atoms with E-state index in [0.717, 1.165) is 4.88 Å². The van der Waals surface area contributed by atoms with Crippen molar-refractivity contribution < 1.29 is 19.1 Å². The van der Waals surface area contributed by atoms with Crippen LogP contribution in [0.2, 0.25) is 0 Å². The summed E-state index contributed by atoms with van der Waals surface area (Å²) in [4.78, 5) is 27.8. The summed E-state index contributed by atoms with van der Waals surface area (Å²) in [7, 11) is 0. The first-order valence-electron chi connectivity index (χ1n) is 8.49. The van der Waals surface area contributed by atoms with Gasteiger partial charge in [-0.25, -0.2) is 0 Å². The Balaban J connectivity index is 1.40. The summed E-state index contributed by atoms with van der Waals surface area (Å²) in [6.45, 7) is 2.29. The molecule has 130 valence electrons. The molecule has 1 aromatic carbocycles. The van der Waals surface area contributed by atoms with Crippen molar-refractivity contribution in [1.29, 1.82) is 0 Å². The number of ether oxygens (including phenoxy) is 2. The maximum atomic E-state index is 12.8. The lowest BCUT2D eigenvalue weighted by Gasteiger charge is -2.31. The highest BCUT2D eigenvalue weighted by atomic mass is 32.1. The van der Waals surface area contributed by atoms with E-state index in [9.17, 15) is 9.59 Å². The maximum absolute atomic E-state index is 12.8. The number of piperidine rings is 1. The van der Waals surface area contributed by atoms with Crippen molar-refractivity contribution in [3.63, 3.8) is 0 Å². The lowest BCUT2D eigenvalue weighted by Crippen LogP contribution is -2.40. The first kappa shape index (κ1) is 16.1. The highest BCUT2D eigenvalue weighted by molar-refractivity contribution is 7.12. The smallest absolute Gasteiger partial charge is 0.263 e. The molecule has 0 unspecified atom stereocenters. The number of amides is 1. The number of carbonyl (C=O) groups excluding carboxylic acids is 2. The Kier molecular flexibility index (Phi) is 4.44. The molecule has 5 nitrogen and oxygen atoms in total. The van der Waals surface area contributed by atoms with Gasteiger partial charge in [-0.2, -0.15) is 0 Å². The Hall–Kier alpha value is -2.34. The molecule has 0 spiro atoms. The van der Waals surface area contributed by atoms with Crippen molar-refractivity contribution in [2.24, 2.45) is 5.92 Å². The molecule has 1 saturated heterocycles.